The molecule has 4 aromatic rings. The summed E-state index contributed by atoms with van der Waals surface area (Å²) in [5.41, 5.74) is 9.95. The highest BCUT2D eigenvalue weighted by atomic mass is 19.1. The SMILES string of the molecule is CCc1nc2c(cnn2CC)c(NC2CCOCC2)c1CNC(=O)CC(C)(C)CONCc1ccc(F)c(-c2cccc(CN3CCN[C@@H](C)C3)c2)c1. The molecular formula is C41H57FN8O3. The lowest BCUT2D eigenvalue weighted by Gasteiger charge is -2.31. The van der Waals surface area contributed by atoms with Gasteiger partial charge in [-0.3, -0.25) is 9.69 Å². The zero-order chi connectivity index (χ0) is 37.4. The molecule has 0 radical (unpaired) electrons. The third-order valence-electron chi connectivity index (χ3n) is 10.2. The molecule has 12 heteroatoms. The molecule has 0 aliphatic carbocycles. The largest absolute Gasteiger partial charge is 0.381 e. The summed E-state index contributed by atoms with van der Waals surface area (Å²) in [5.74, 6) is -0.307. The van der Waals surface area contributed by atoms with Gasteiger partial charge in [-0.15, -0.1) is 0 Å². The van der Waals surface area contributed by atoms with Crippen molar-refractivity contribution in [3.8, 4) is 11.1 Å². The van der Waals surface area contributed by atoms with E-state index in [0.29, 0.717) is 31.3 Å². The summed E-state index contributed by atoms with van der Waals surface area (Å²) in [6.45, 7) is 17.5. The minimum absolute atomic E-state index is 0.0566. The highest BCUT2D eigenvalue weighted by Gasteiger charge is 2.25. The van der Waals surface area contributed by atoms with Gasteiger partial charge in [0.2, 0.25) is 5.91 Å². The standard InChI is InChI=1S/C41H57FN8O3/c1-6-37-34(39(47-32-13-17-52-18-14-32)35-24-45-50(7-2)40(35)48-37)23-44-38(51)21-41(4,5)27-53-46-22-29-11-12-36(42)33(20-29)31-10-8-9-30(19-31)26-49-16-15-43-28(3)25-49/h8-12,19-20,24,28,32,43,46H,6-7,13-18,21-23,25-27H2,1-5H3,(H,44,51)(H,47,48)/t28-/m0/s1. The number of pyridine rings is 1. The molecule has 0 saturated carbocycles. The molecule has 1 amide bonds. The molecular weight excluding hydrogens is 672 g/mol. The van der Waals surface area contributed by atoms with E-state index in [4.69, 9.17) is 14.6 Å². The van der Waals surface area contributed by atoms with Crippen molar-refractivity contribution in [2.24, 2.45) is 5.41 Å². The van der Waals surface area contributed by atoms with Crippen molar-refractivity contribution in [3.05, 3.63) is 76.9 Å². The number of anilines is 1. The van der Waals surface area contributed by atoms with Crippen molar-refractivity contribution in [1.29, 1.82) is 0 Å². The van der Waals surface area contributed by atoms with Crippen LogP contribution in [0.4, 0.5) is 10.1 Å². The molecule has 11 nitrogen and oxygen atoms in total. The Morgan fingerprint density at radius 3 is 2.72 bits per heavy atom. The van der Waals surface area contributed by atoms with Crippen LogP contribution in [0.15, 0.2) is 48.7 Å². The summed E-state index contributed by atoms with van der Waals surface area (Å²) >= 11 is 0. The lowest BCUT2D eigenvalue weighted by Crippen LogP contribution is -2.48. The number of carbonyl (C=O) groups excluding carboxylic acids is 1. The molecule has 0 spiro atoms. The average molecular weight is 729 g/mol. The van der Waals surface area contributed by atoms with E-state index in [1.54, 1.807) is 6.07 Å². The van der Waals surface area contributed by atoms with E-state index in [1.165, 1.54) is 11.6 Å². The number of hydrogen-bond acceptors (Lipinski definition) is 9. The Bertz CT molecular complexity index is 1840. The molecule has 0 bridgehead atoms. The Morgan fingerprint density at radius 2 is 1.94 bits per heavy atom. The van der Waals surface area contributed by atoms with Crippen LogP contribution in [0, 0.1) is 11.2 Å². The topological polar surface area (TPSA) is 118 Å². The van der Waals surface area contributed by atoms with Gasteiger partial charge in [-0.1, -0.05) is 45.0 Å². The Hall–Kier alpha value is -3.94. The van der Waals surface area contributed by atoms with Crippen LogP contribution < -0.4 is 21.4 Å². The lowest BCUT2D eigenvalue weighted by molar-refractivity contribution is -0.124. The summed E-state index contributed by atoms with van der Waals surface area (Å²) in [6, 6.07) is 14.1. The number of hydroxylamine groups is 1. The normalized spacial score (nSPS) is 17.4. The number of nitrogens with zero attached hydrogens (tertiary/aromatic N) is 4. The van der Waals surface area contributed by atoms with E-state index in [9.17, 15) is 4.79 Å². The number of aromatic nitrogens is 3. The van der Waals surface area contributed by atoms with Crippen molar-refractivity contribution in [3.63, 3.8) is 0 Å². The number of amides is 1. The van der Waals surface area contributed by atoms with E-state index in [1.807, 2.05) is 42.9 Å². The van der Waals surface area contributed by atoms with Crippen LogP contribution in [-0.4, -0.2) is 77.1 Å². The van der Waals surface area contributed by atoms with Crippen LogP contribution in [0.25, 0.3) is 22.2 Å². The smallest absolute Gasteiger partial charge is 0.220 e. The van der Waals surface area contributed by atoms with Gasteiger partial charge in [-0.2, -0.15) is 10.6 Å². The third kappa shape index (κ3) is 10.2. The Balaban J connectivity index is 1.03. The molecule has 2 saturated heterocycles. The second-order valence-corrected chi connectivity index (χ2v) is 15.3. The summed E-state index contributed by atoms with van der Waals surface area (Å²) in [5, 5.41) is 16.0. The second-order valence-electron chi connectivity index (χ2n) is 15.3. The van der Waals surface area contributed by atoms with E-state index in [-0.39, 0.29) is 24.2 Å². The Labute approximate surface area is 313 Å². The van der Waals surface area contributed by atoms with Crippen molar-refractivity contribution < 1.29 is 18.8 Å². The van der Waals surface area contributed by atoms with Crippen molar-refractivity contribution in [1.82, 2.24) is 35.8 Å². The number of fused-ring (bicyclic) bond motifs is 1. The summed E-state index contributed by atoms with van der Waals surface area (Å²) in [4.78, 5) is 26.7. The van der Waals surface area contributed by atoms with Crippen LogP contribution in [0.5, 0.6) is 0 Å². The minimum Gasteiger partial charge on any atom is -0.381 e. The lowest BCUT2D eigenvalue weighted by atomic mass is 9.90. The number of hydrogen-bond donors (Lipinski definition) is 4. The molecule has 53 heavy (non-hydrogen) atoms. The number of aryl methyl sites for hydroxylation is 2. The fourth-order valence-corrected chi connectivity index (χ4v) is 7.37. The summed E-state index contributed by atoms with van der Waals surface area (Å²) in [7, 11) is 0. The van der Waals surface area contributed by atoms with Crippen molar-refractivity contribution in [2.75, 3.05) is 44.8 Å². The Morgan fingerprint density at radius 1 is 1.11 bits per heavy atom. The molecule has 286 valence electrons. The number of halogens is 1. The van der Waals surface area contributed by atoms with Crippen LogP contribution in [0.2, 0.25) is 0 Å². The first-order valence-electron chi connectivity index (χ1n) is 19.3. The van der Waals surface area contributed by atoms with E-state index >= 15 is 4.39 Å². The van der Waals surface area contributed by atoms with Crippen LogP contribution >= 0.6 is 0 Å². The number of ether oxygens (including phenoxy) is 1. The van der Waals surface area contributed by atoms with Gasteiger partial charge in [0, 0.05) is 94.4 Å². The Kier molecular flexibility index (Phi) is 13.1. The number of carbonyl (C=O) groups is 1. The quantitative estimate of drug-likeness (QED) is 0.0820. The van der Waals surface area contributed by atoms with Crippen molar-refractivity contribution in [2.45, 2.75) is 98.6 Å². The monoisotopic (exact) mass is 728 g/mol. The maximum absolute atomic E-state index is 15.1. The molecule has 1 atom stereocenters. The zero-order valence-corrected chi connectivity index (χ0v) is 32.1. The predicted molar refractivity (Wildman–Crippen MR) is 208 cm³/mol. The number of benzene rings is 2. The fourth-order valence-electron chi connectivity index (χ4n) is 7.37. The van der Waals surface area contributed by atoms with Crippen LogP contribution in [0.1, 0.15) is 76.3 Å². The molecule has 4 heterocycles. The molecule has 2 aliphatic heterocycles. The van der Waals surface area contributed by atoms with Gasteiger partial charge in [-0.05, 0) is 73.4 Å². The van der Waals surface area contributed by atoms with Gasteiger partial charge >= 0.3 is 0 Å². The van der Waals surface area contributed by atoms with E-state index in [2.05, 4.69) is 64.3 Å². The van der Waals surface area contributed by atoms with Gasteiger partial charge in [0.25, 0.3) is 0 Å². The van der Waals surface area contributed by atoms with Gasteiger partial charge in [0.15, 0.2) is 5.65 Å². The third-order valence-corrected chi connectivity index (χ3v) is 10.2. The zero-order valence-electron chi connectivity index (χ0n) is 32.1. The minimum atomic E-state index is -0.436. The predicted octanol–water partition coefficient (Wildman–Crippen LogP) is 5.96. The number of piperazine rings is 1. The van der Waals surface area contributed by atoms with Crippen LogP contribution in [0.3, 0.4) is 0 Å². The molecule has 6 rings (SSSR count). The molecule has 2 aliphatic rings. The molecule has 2 aromatic carbocycles. The number of rotatable bonds is 16. The van der Waals surface area contributed by atoms with Crippen molar-refractivity contribution >= 4 is 22.6 Å². The van der Waals surface area contributed by atoms with Gasteiger partial charge < -0.3 is 25.5 Å². The van der Waals surface area contributed by atoms with E-state index in [0.717, 1.165) is 104 Å². The molecule has 4 N–H and O–H groups in total. The van der Waals surface area contributed by atoms with Gasteiger partial charge in [-0.25, -0.2) is 14.1 Å². The van der Waals surface area contributed by atoms with Gasteiger partial charge in [0.1, 0.15) is 5.82 Å². The summed E-state index contributed by atoms with van der Waals surface area (Å²) < 4.78 is 22.6. The first kappa shape index (κ1) is 38.8. The second kappa shape index (κ2) is 17.9. The fraction of sp³-hybridized carbons (Fsp3) is 0.537. The highest BCUT2D eigenvalue weighted by Crippen LogP contribution is 2.32. The molecule has 2 fully saturated rings. The maximum Gasteiger partial charge on any atom is 0.220 e. The first-order valence-corrected chi connectivity index (χ1v) is 19.3. The maximum atomic E-state index is 15.1. The first-order chi connectivity index (χ1) is 25.6. The van der Waals surface area contributed by atoms with E-state index < -0.39 is 5.41 Å². The summed E-state index contributed by atoms with van der Waals surface area (Å²) in [6.07, 6.45) is 4.75. The highest BCUT2D eigenvalue weighted by molar-refractivity contribution is 5.92. The van der Waals surface area contributed by atoms with Gasteiger partial charge in [0.05, 0.1) is 23.9 Å². The number of nitrogens with one attached hydrogen (secondary N) is 4. The average Bonchev–Trinajstić information content (AvgIpc) is 3.56. The van der Waals surface area contributed by atoms with Crippen LogP contribution in [-0.2, 0) is 47.0 Å². The molecule has 0 unspecified atom stereocenters. The molecule has 2 aromatic heterocycles.